The van der Waals surface area contributed by atoms with E-state index in [1.807, 2.05) is 38.1 Å². The first-order valence-corrected chi connectivity index (χ1v) is 7.43. The Hall–Kier alpha value is -3.26. The van der Waals surface area contributed by atoms with E-state index in [4.69, 9.17) is 4.74 Å². The summed E-state index contributed by atoms with van der Waals surface area (Å²) < 4.78 is 5.08. The summed E-state index contributed by atoms with van der Waals surface area (Å²) in [5.41, 5.74) is 3.50. The third kappa shape index (κ3) is 4.14. The maximum Gasteiger partial charge on any atom is 0.267 e. The number of hydrogen-bond donors (Lipinski definition) is 2. The van der Waals surface area contributed by atoms with Crippen LogP contribution >= 0.6 is 0 Å². The highest BCUT2D eigenvalue weighted by atomic mass is 16.5. The number of rotatable bonds is 5. The highest BCUT2D eigenvalue weighted by molar-refractivity contribution is 6.07. The SMILES string of the molecule is COc1ccc(N/C=C(/C#N)C(=O)Nc2cccc(C)c2C)cc1. The van der Waals surface area contributed by atoms with Crippen molar-refractivity contribution in [3.05, 3.63) is 65.4 Å². The first-order chi connectivity index (χ1) is 11.5. The molecule has 0 aliphatic carbocycles. The Balaban J connectivity index is 2.10. The second-order valence-electron chi connectivity index (χ2n) is 5.24. The van der Waals surface area contributed by atoms with E-state index in [1.54, 1.807) is 31.4 Å². The van der Waals surface area contributed by atoms with Gasteiger partial charge in [-0.1, -0.05) is 12.1 Å². The standard InChI is InChI=1S/C19H19N3O2/c1-13-5-4-6-18(14(13)2)22-19(23)15(11-20)12-21-16-7-9-17(24-3)10-8-16/h4-10,12,21H,1-3H3,(H,22,23)/b15-12-. The van der Waals surface area contributed by atoms with Gasteiger partial charge in [0.2, 0.25) is 0 Å². The lowest BCUT2D eigenvalue weighted by Crippen LogP contribution is -2.15. The monoisotopic (exact) mass is 321 g/mol. The number of carbonyl (C=O) groups excluding carboxylic acids is 1. The van der Waals surface area contributed by atoms with E-state index in [0.717, 1.165) is 22.6 Å². The third-order valence-corrected chi connectivity index (χ3v) is 3.69. The fourth-order valence-electron chi connectivity index (χ4n) is 2.07. The lowest BCUT2D eigenvalue weighted by atomic mass is 10.1. The number of amides is 1. The summed E-state index contributed by atoms with van der Waals surface area (Å²) in [7, 11) is 1.59. The first kappa shape index (κ1) is 17.1. The van der Waals surface area contributed by atoms with Crippen LogP contribution in [0.3, 0.4) is 0 Å². The highest BCUT2D eigenvalue weighted by Gasteiger charge is 2.11. The van der Waals surface area contributed by atoms with Crippen LogP contribution in [0.2, 0.25) is 0 Å². The van der Waals surface area contributed by atoms with E-state index in [0.29, 0.717) is 5.69 Å². The van der Waals surface area contributed by atoms with Gasteiger partial charge in [-0.15, -0.1) is 0 Å². The summed E-state index contributed by atoms with van der Waals surface area (Å²) in [6, 6.07) is 14.7. The Morgan fingerprint density at radius 3 is 2.50 bits per heavy atom. The molecule has 0 fully saturated rings. The molecule has 2 aromatic carbocycles. The molecule has 0 aliphatic rings. The number of nitriles is 1. The summed E-state index contributed by atoms with van der Waals surface area (Å²) in [5.74, 6) is 0.282. The van der Waals surface area contributed by atoms with Crippen molar-refractivity contribution < 1.29 is 9.53 Å². The van der Waals surface area contributed by atoms with E-state index in [-0.39, 0.29) is 5.57 Å². The van der Waals surface area contributed by atoms with Gasteiger partial charge >= 0.3 is 0 Å². The maximum atomic E-state index is 12.3. The smallest absolute Gasteiger partial charge is 0.267 e. The lowest BCUT2D eigenvalue weighted by Gasteiger charge is -2.10. The van der Waals surface area contributed by atoms with Gasteiger partial charge in [-0.2, -0.15) is 5.26 Å². The van der Waals surface area contributed by atoms with Gasteiger partial charge in [-0.25, -0.2) is 0 Å². The fourth-order valence-corrected chi connectivity index (χ4v) is 2.07. The molecule has 0 saturated carbocycles. The molecule has 2 aromatic rings. The second kappa shape index (κ2) is 7.84. The summed E-state index contributed by atoms with van der Waals surface area (Å²) >= 11 is 0. The number of hydrogen-bond acceptors (Lipinski definition) is 4. The van der Waals surface area contributed by atoms with Gasteiger partial charge in [-0.3, -0.25) is 4.79 Å². The van der Waals surface area contributed by atoms with Gasteiger partial charge in [0, 0.05) is 17.6 Å². The zero-order valence-corrected chi connectivity index (χ0v) is 13.9. The molecule has 5 heteroatoms. The molecule has 0 heterocycles. The molecular weight excluding hydrogens is 302 g/mol. The Kier molecular flexibility index (Phi) is 5.58. The number of carbonyl (C=O) groups is 1. The fraction of sp³-hybridized carbons (Fsp3) is 0.158. The van der Waals surface area contributed by atoms with Gasteiger partial charge in [0.1, 0.15) is 17.4 Å². The zero-order valence-electron chi connectivity index (χ0n) is 13.9. The molecule has 0 unspecified atom stereocenters. The second-order valence-corrected chi connectivity index (χ2v) is 5.24. The van der Waals surface area contributed by atoms with Gasteiger partial charge in [0.25, 0.3) is 5.91 Å². The Labute approximate surface area is 141 Å². The van der Waals surface area contributed by atoms with E-state index in [2.05, 4.69) is 10.6 Å². The minimum atomic E-state index is -0.452. The minimum Gasteiger partial charge on any atom is -0.497 e. The predicted molar refractivity (Wildman–Crippen MR) is 94.9 cm³/mol. The average molecular weight is 321 g/mol. The van der Waals surface area contributed by atoms with Crippen LogP contribution in [0.1, 0.15) is 11.1 Å². The molecule has 1 amide bonds. The van der Waals surface area contributed by atoms with Crippen LogP contribution in [0.15, 0.2) is 54.2 Å². The average Bonchev–Trinajstić information content (AvgIpc) is 2.60. The van der Waals surface area contributed by atoms with Crippen LogP contribution in [-0.2, 0) is 4.79 Å². The molecule has 0 aliphatic heterocycles. The van der Waals surface area contributed by atoms with Crippen LogP contribution in [0.25, 0.3) is 0 Å². The van der Waals surface area contributed by atoms with Crippen LogP contribution < -0.4 is 15.4 Å². The number of anilines is 2. The van der Waals surface area contributed by atoms with Gasteiger partial charge in [0.05, 0.1) is 7.11 Å². The van der Waals surface area contributed by atoms with Crippen molar-refractivity contribution in [3.63, 3.8) is 0 Å². The summed E-state index contributed by atoms with van der Waals surface area (Å²) in [4.78, 5) is 12.3. The van der Waals surface area contributed by atoms with Crippen molar-refractivity contribution in [1.29, 1.82) is 5.26 Å². The van der Waals surface area contributed by atoms with Crippen molar-refractivity contribution >= 4 is 17.3 Å². The molecule has 2 N–H and O–H groups in total. The Bertz CT molecular complexity index is 802. The number of benzene rings is 2. The molecule has 2 rings (SSSR count). The molecule has 0 saturated heterocycles. The van der Waals surface area contributed by atoms with Crippen molar-refractivity contribution in [2.75, 3.05) is 17.7 Å². The van der Waals surface area contributed by atoms with Crippen molar-refractivity contribution in [2.24, 2.45) is 0 Å². The molecule has 0 atom stereocenters. The molecule has 24 heavy (non-hydrogen) atoms. The van der Waals surface area contributed by atoms with E-state index in [1.165, 1.54) is 6.20 Å². The maximum absolute atomic E-state index is 12.3. The lowest BCUT2D eigenvalue weighted by molar-refractivity contribution is -0.112. The quantitative estimate of drug-likeness (QED) is 0.649. The van der Waals surface area contributed by atoms with Gasteiger partial charge < -0.3 is 15.4 Å². The Morgan fingerprint density at radius 2 is 1.88 bits per heavy atom. The third-order valence-electron chi connectivity index (χ3n) is 3.69. The first-order valence-electron chi connectivity index (χ1n) is 7.43. The molecule has 122 valence electrons. The Morgan fingerprint density at radius 1 is 1.17 bits per heavy atom. The number of aryl methyl sites for hydroxylation is 1. The predicted octanol–water partition coefficient (Wildman–Crippen LogP) is 3.77. The van der Waals surface area contributed by atoms with Crippen LogP contribution in [0.4, 0.5) is 11.4 Å². The van der Waals surface area contributed by atoms with Crippen molar-refractivity contribution in [1.82, 2.24) is 0 Å². The van der Waals surface area contributed by atoms with Gasteiger partial charge in [0.15, 0.2) is 0 Å². The zero-order chi connectivity index (χ0) is 17.5. The molecular formula is C19H19N3O2. The largest absolute Gasteiger partial charge is 0.497 e. The number of methoxy groups -OCH3 is 1. The van der Waals surface area contributed by atoms with Crippen LogP contribution in [-0.4, -0.2) is 13.0 Å². The highest BCUT2D eigenvalue weighted by Crippen LogP contribution is 2.19. The van der Waals surface area contributed by atoms with E-state index in [9.17, 15) is 10.1 Å². The van der Waals surface area contributed by atoms with E-state index < -0.39 is 5.91 Å². The number of nitrogens with zero attached hydrogens (tertiary/aromatic N) is 1. The molecule has 0 bridgehead atoms. The van der Waals surface area contributed by atoms with Gasteiger partial charge in [-0.05, 0) is 55.3 Å². The summed E-state index contributed by atoms with van der Waals surface area (Å²) in [5, 5.41) is 14.9. The van der Waals surface area contributed by atoms with E-state index >= 15 is 0 Å². The van der Waals surface area contributed by atoms with Crippen LogP contribution in [0, 0.1) is 25.2 Å². The topological polar surface area (TPSA) is 74.1 Å². The molecule has 0 radical (unpaired) electrons. The summed E-state index contributed by atoms with van der Waals surface area (Å²) in [6.07, 6.45) is 1.39. The molecule has 0 aromatic heterocycles. The van der Waals surface area contributed by atoms with Crippen molar-refractivity contribution in [3.8, 4) is 11.8 Å². The molecule has 0 spiro atoms. The number of ether oxygens (including phenoxy) is 1. The normalized spacial score (nSPS) is 10.7. The van der Waals surface area contributed by atoms with Crippen molar-refractivity contribution in [2.45, 2.75) is 13.8 Å². The minimum absolute atomic E-state index is 0.00766. The summed E-state index contributed by atoms with van der Waals surface area (Å²) in [6.45, 7) is 3.90. The number of nitrogens with one attached hydrogen (secondary N) is 2. The molecule has 5 nitrogen and oxygen atoms in total. The van der Waals surface area contributed by atoms with Crippen LogP contribution in [0.5, 0.6) is 5.75 Å².